The van der Waals surface area contributed by atoms with E-state index >= 15 is 0 Å². The predicted molar refractivity (Wildman–Crippen MR) is 154 cm³/mol. The fraction of sp³-hybridized carbons (Fsp3) is 0.387. The van der Waals surface area contributed by atoms with Crippen molar-refractivity contribution in [2.75, 3.05) is 7.05 Å². The molecule has 0 amide bonds. The third-order valence-corrected chi connectivity index (χ3v) is 6.58. The van der Waals surface area contributed by atoms with E-state index in [1.165, 1.54) is 0 Å². The van der Waals surface area contributed by atoms with Crippen molar-refractivity contribution in [3.05, 3.63) is 84.3 Å². The lowest BCUT2D eigenvalue weighted by atomic mass is 10.0. The van der Waals surface area contributed by atoms with Crippen LogP contribution in [-0.4, -0.2) is 45.0 Å². The van der Waals surface area contributed by atoms with E-state index in [2.05, 4.69) is 17.2 Å². The lowest BCUT2D eigenvalue weighted by molar-refractivity contribution is -0.137. The van der Waals surface area contributed by atoms with Crippen LogP contribution in [0.25, 0.3) is 22.3 Å². The van der Waals surface area contributed by atoms with Gasteiger partial charge in [0.2, 0.25) is 0 Å². The number of carbonyl (C=O) groups is 1. The number of nitrogens with one attached hydrogen (secondary N) is 2. The minimum atomic E-state index is -1.07. The fourth-order valence-electron chi connectivity index (χ4n) is 4.30. The largest absolute Gasteiger partial charge is 0.481 e. The number of carboxylic acids is 1. The lowest BCUT2D eigenvalue weighted by Crippen LogP contribution is -2.45. The molecule has 39 heavy (non-hydrogen) atoms. The van der Waals surface area contributed by atoms with Crippen LogP contribution in [0.4, 0.5) is 4.39 Å². The van der Waals surface area contributed by atoms with Crippen molar-refractivity contribution in [2.24, 2.45) is 0 Å². The van der Waals surface area contributed by atoms with Crippen LogP contribution in [0.5, 0.6) is 0 Å². The zero-order valence-electron chi connectivity index (χ0n) is 22.8. The standard InChI is InChI=1S/C31H39FN4O3/c1-22(32)11-7-8-14-25(20-31(2,39)33-3)34-21-23-17-18-26-28(19-23)35-27(15-9-10-16-29(37)38)30(36-26)24-12-5-4-6-13-24/h4-6,8,12-14,17-19,25,33-34,39H,1,7,9-11,15-16,20-21H2,2-3H3,(H,37,38)/b14-8+. The Morgan fingerprint density at radius 1 is 1.13 bits per heavy atom. The molecule has 7 nitrogen and oxygen atoms in total. The summed E-state index contributed by atoms with van der Waals surface area (Å²) in [6.07, 6.45) is 7.17. The van der Waals surface area contributed by atoms with Crippen LogP contribution in [0, 0.1) is 0 Å². The summed E-state index contributed by atoms with van der Waals surface area (Å²) in [5, 5.41) is 25.9. The van der Waals surface area contributed by atoms with Gasteiger partial charge in [0.15, 0.2) is 0 Å². The summed E-state index contributed by atoms with van der Waals surface area (Å²) in [7, 11) is 1.71. The highest BCUT2D eigenvalue weighted by Crippen LogP contribution is 2.25. The Kier molecular flexibility index (Phi) is 11.3. The monoisotopic (exact) mass is 534 g/mol. The first-order valence-electron chi connectivity index (χ1n) is 13.4. The van der Waals surface area contributed by atoms with Crippen molar-refractivity contribution in [2.45, 2.75) is 70.2 Å². The number of aryl methyl sites for hydroxylation is 1. The van der Waals surface area contributed by atoms with E-state index in [1.54, 1.807) is 14.0 Å². The quantitative estimate of drug-likeness (QED) is 0.106. The number of unbranched alkanes of at least 4 members (excludes halogenated alkanes) is 1. The van der Waals surface area contributed by atoms with E-state index in [-0.39, 0.29) is 24.7 Å². The first-order valence-corrected chi connectivity index (χ1v) is 13.4. The van der Waals surface area contributed by atoms with Crippen molar-refractivity contribution >= 4 is 17.0 Å². The summed E-state index contributed by atoms with van der Waals surface area (Å²) in [6, 6.07) is 15.7. The van der Waals surface area contributed by atoms with Gasteiger partial charge in [-0.15, -0.1) is 0 Å². The topological polar surface area (TPSA) is 107 Å². The highest BCUT2D eigenvalue weighted by Gasteiger charge is 2.22. The molecule has 0 fully saturated rings. The van der Waals surface area contributed by atoms with E-state index in [9.17, 15) is 14.3 Å². The molecule has 0 spiro atoms. The fourth-order valence-corrected chi connectivity index (χ4v) is 4.30. The molecule has 4 N–H and O–H groups in total. The summed E-state index contributed by atoms with van der Waals surface area (Å²) in [5.41, 5.74) is 4.16. The number of hydrogen-bond acceptors (Lipinski definition) is 6. The van der Waals surface area contributed by atoms with Gasteiger partial charge in [0.1, 0.15) is 5.72 Å². The second-order valence-corrected chi connectivity index (χ2v) is 10.0. The number of hydrogen-bond donors (Lipinski definition) is 4. The minimum Gasteiger partial charge on any atom is -0.481 e. The third-order valence-electron chi connectivity index (χ3n) is 6.58. The molecule has 8 heteroatoms. The van der Waals surface area contributed by atoms with E-state index in [4.69, 9.17) is 15.1 Å². The summed E-state index contributed by atoms with van der Waals surface area (Å²) in [4.78, 5) is 20.8. The van der Waals surface area contributed by atoms with Gasteiger partial charge in [-0.3, -0.25) is 10.1 Å². The predicted octanol–water partition coefficient (Wildman–Crippen LogP) is 5.69. The first-order chi connectivity index (χ1) is 18.7. The Labute approximate surface area is 229 Å². The molecule has 2 atom stereocenters. The average Bonchev–Trinajstić information content (AvgIpc) is 2.91. The zero-order valence-corrected chi connectivity index (χ0v) is 22.8. The number of halogens is 1. The Morgan fingerprint density at radius 3 is 2.59 bits per heavy atom. The van der Waals surface area contributed by atoms with Gasteiger partial charge in [-0.05, 0) is 57.4 Å². The summed E-state index contributed by atoms with van der Waals surface area (Å²) < 4.78 is 13.0. The van der Waals surface area contributed by atoms with Gasteiger partial charge in [-0.2, -0.15) is 0 Å². The maximum absolute atomic E-state index is 13.0. The van der Waals surface area contributed by atoms with Crippen molar-refractivity contribution in [1.29, 1.82) is 0 Å². The number of allylic oxidation sites excluding steroid dienone is 2. The number of nitrogens with zero attached hydrogens (tertiary/aromatic N) is 2. The van der Waals surface area contributed by atoms with Crippen LogP contribution in [0.2, 0.25) is 0 Å². The van der Waals surface area contributed by atoms with Gasteiger partial charge in [0.25, 0.3) is 0 Å². The molecule has 1 heterocycles. The van der Waals surface area contributed by atoms with E-state index in [0.717, 1.165) is 33.5 Å². The number of aliphatic carboxylic acids is 1. The van der Waals surface area contributed by atoms with E-state index < -0.39 is 11.7 Å². The highest BCUT2D eigenvalue weighted by molar-refractivity contribution is 5.79. The molecule has 0 radical (unpaired) electrons. The molecule has 0 bridgehead atoms. The van der Waals surface area contributed by atoms with Crippen LogP contribution < -0.4 is 10.6 Å². The molecule has 1 aromatic heterocycles. The van der Waals surface area contributed by atoms with E-state index in [1.807, 2.05) is 60.7 Å². The third kappa shape index (κ3) is 9.98. The number of benzene rings is 2. The van der Waals surface area contributed by atoms with Crippen LogP contribution in [0.15, 0.2) is 73.1 Å². The molecule has 208 valence electrons. The van der Waals surface area contributed by atoms with Crippen molar-refractivity contribution in [3.63, 3.8) is 0 Å². The molecular weight excluding hydrogens is 495 g/mol. The Bertz CT molecular complexity index is 1280. The first kappa shape index (κ1) is 30.1. The maximum Gasteiger partial charge on any atom is 0.303 e. The second-order valence-electron chi connectivity index (χ2n) is 10.0. The Hall–Kier alpha value is -3.46. The summed E-state index contributed by atoms with van der Waals surface area (Å²) >= 11 is 0. The highest BCUT2D eigenvalue weighted by atomic mass is 19.1. The van der Waals surface area contributed by atoms with Gasteiger partial charge < -0.3 is 15.5 Å². The summed E-state index contributed by atoms with van der Waals surface area (Å²) in [5.74, 6) is -1.14. The number of carboxylic acid groups (broad SMARTS) is 1. The molecule has 0 aliphatic rings. The molecule has 0 aliphatic carbocycles. The van der Waals surface area contributed by atoms with Crippen LogP contribution in [0.1, 0.15) is 56.7 Å². The number of aliphatic hydroxyl groups is 1. The van der Waals surface area contributed by atoms with Crippen molar-refractivity contribution in [1.82, 2.24) is 20.6 Å². The normalized spacial score (nSPS) is 13.9. The molecule has 2 aromatic carbocycles. The van der Waals surface area contributed by atoms with Crippen LogP contribution >= 0.6 is 0 Å². The lowest BCUT2D eigenvalue weighted by Gasteiger charge is -2.27. The van der Waals surface area contributed by atoms with Gasteiger partial charge >= 0.3 is 5.97 Å². The van der Waals surface area contributed by atoms with Gasteiger partial charge in [0.05, 0.1) is 28.2 Å². The van der Waals surface area contributed by atoms with Crippen LogP contribution in [0.3, 0.4) is 0 Å². The molecule has 3 aromatic rings. The van der Waals surface area contributed by atoms with Crippen LogP contribution in [-0.2, 0) is 17.8 Å². The number of fused-ring (bicyclic) bond motifs is 1. The molecule has 0 saturated carbocycles. The summed E-state index contributed by atoms with van der Waals surface area (Å²) in [6.45, 7) is 5.55. The molecular formula is C31H39FN4O3. The van der Waals surface area contributed by atoms with Gasteiger partial charge in [-0.25, -0.2) is 14.4 Å². The molecule has 0 aliphatic heterocycles. The second kappa shape index (κ2) is 14.6. The molecule has 0 saturated heterocycles. The minimum absolute atomic E-state index is 0.135. The Balaban J connectivity index is 1.81. The van der Waals surface area contributed by atoms with Gasteiger partial charge in [0, 0.05) is 37.4 Å². The smallest absolute Gasteiger partial charge is 0.303 e. The number of rotatable bonds is 16. The molecule has 3 rings (SSSR count). The molecule has 2 unspecified atom stereocenters. The van der Waals surface area contributed by atoms with Crippen molar-refractivity contribution in [3.8, 4) is 11.3 Å². The SMILES string of the molecule is C=C(F)CC/C=C/C(CC(C)(O)NC)NCc1ccc2nc(-c3ccccc3)c(CCCCC(=O)O)nc2c1. The van der Waals surface area contributed by atoms with E-state index in [0.29, 0.717) is 38.6 Å². The van der Waals surface area contributed by atoms with Gasteiger partial charge in [-0.1, -0.05) is 55.1 Å². The number of aromatic nitrogens is 2. The average molecular weight is 535 g/mol. The Morgan fingerprint density at radius 2 is 1.90 bits per heavy atom. The van der Waals surface area contributed by atoms with Crippen molar-refractivity contribution < 1.29 is 19.4 Å². The maximum atomic E-state index is 13.0. The zero-order chi connectivity index (χ0) is 28.3.